The van der Waals surface area contributed by atoms with Crippen LogP contribution in [0.25, 0.3) is 6.08 Å². The number of nitro groups is 1. The first kappa shape index (κ1) is 15.1. The number of carbonyl (C=O) groups is 2. The lowest BCUT2D eigenvalue weighted by molar-refractivity contribution is -0.385. The number of thiocarbonyl (C=S) groups is 1. The monoisotopic (exact) mass is 324 g/mol. The van der Waals surface area contributed by atoms with Crippen molar-refractivity contribution in [1.82, 2.24) is 4.90 Å². The molecule has 1 aliphatic heterocycles. The van der Waals surface area contributed by atoms with Crippen molar-refractivity contribution >= 4 is 51.9 Å². The van der Waals surface area contributed by atoms with Crippen LogP contribution in [0.3, 0.4) is 0 Å². The molecule has 1 N–H and O–H groups in total. The number of benzene rings is 1. The van der Waals surface area contributed by atoms with Gasteiger partial charge in [-0.05, 0) is 12.1 Å². The fourth-order valence-electron chi connectivity index (χ4n) is 1.69. The normalized spacial score (nSPS) is 16.6. The summed E-state index contributed by atoms with van der Waals surface area (Å²) in [6.45, 7) is -0.529. The molecule has 0 saturated carbocycles. The van der Waals surface area contributed by atoms with Gasteiger partial charge in [-0.1, -0.05) is 36.1 Å². The lowest BCUT2D eigenvalue weighted by atomic mass is 10.1. The third kappa shape index (κ3) is 3.26. The second-order valence-electron chi connectivity index (χ2n) is 3.98. The Kier molecular flexibility index (Phi) is 4.34. The van der Waals surface area contributed by atoms with Gasteiger partial charge in [0.15, 0.2) is 0 Å². The molecule has 0 aromatic heterocycles. The van der Waals surface area contributed by atoms with Gasteiger partial charge in [0.05, 0.1) is 15.4 Å². The van der Waals surface area contributed by atoms with E-state index in [2.05, 4.69) is 0 Å². The summed E-state index contributed by atoms with van der Waals surface area (Å²) >= 11 is 5.87. The maximum Gasteiger partial charge on any atom is 0.323 e. The second-order valence-corrected chi connectivity index (χ2v) is 5.65. The standard InChI is InChI=1S/C12H8N2O5S2/c15-10(16)6-13-11(17)9(21-12(13)20)5-7-3-1-2-4-8(7)14(18)19/h1-5H,6H2,(H,15,16)/b9-5-. The number of nitro benzene ring substituents is 1. The Hall–Kier alpha value is -2.26. The van der Waals surface area contributed by atoms with E-state index in [1.54, 1.807) is 6.07 Å². The number of hydrogen-bond acceptors (Lipinski definition) is 6. The summed E-state index contributed by atoms with van der Waals surface area (Å²) in [6, 6.07) is 5.95. The van der Waals surface area contributed by atoms with E-state index in [0.717, 1.165) is 16.7 Å². The van der Waals surface area contributed by atoms with E-state index < -0.39 is 23.3 Å². The number of carbonyl (C=O) groups excluding carboxylic acids is 1. The van der Waals surface area contributed by atoms with Gasteiger partial charge in [-0.3, -0.25) is 24.6 Å². The molecule has 7 nitrogen and oxygen atoms in total. The molecule has 1 aromatic carbocycles. The fourth-order valence-corrected chi connectivity index (χ4v) is 2.93. The predicted molar refractivity (Wildman–Crippen MR) is 80.6 cm³/mol. The van der Waals surface area contributed by atoms with Crippen LogP contribution >= 0.6 is 24.0 Å². The van der Waals surface area contributed by atoms with Crippen LogP contribution in [0.2, 0.25) is 0 Å². The highest BCUT2D eigenvalue weighted by Gasteiger charge is 2.33. The molecule has 108 valence electrons. The molecule has 0 spiro atoms. The third-order valence-electron chi connectivity index (χ3n) is 2.59. The second kappa shape index (κ2) is 6.02. The molecule has 1 fully saturated rings. The molecule has 1 saturated heterocycles. The van der Waals surface area contributed by atoms with E-state index in [4.69, 9.17) is 17.3 Å². The van der Waals surface area contributed by atoms with E-state index in [0.29, 0.717) is 0 Å². The largest absolute Gasteiger partial charge is 0.480 e. The van der Waals surface area contributed by atoms with E-state index in [1.807, 2.05) is 0 Å². The minimum absolute atomic E-state index is 0.118. The number of nitrogens with zero attached hydrogens (tertiary/aromatic N) is 2. The predicted octanol–water partition coefficient (Wildman–Crippen LogP) is 1.88. The van der Waals surface area contributed by atoms with Crippen molar-refractivity contribution in [3.63, 3.8) is 0 Å². The molecule has 0 aliphatic carbocycles. The van der Waals surface area contributed by atoms with E-state index >= 15 is 0 Å². The van der Waals surface area contributed by atoms with Crippen LogP contribution in [0.5, 0.6) is 0 Å². The number of thioether (sulfide) groups is 1. The highest BCUT2D eigenvalue weighted by atomic mass is 32.2. The Bertz CT molecular complexity index is 686. The first-order valence-electron chi connectivity index (χ1n) is 5.60. The number of aliphatic carboxylic acids is 1. The molecule has 2 rings (SSSR count). The fraction of sp³-hybridized carbons (Fsp3) is 0.0833. The number of rotatable bonds is 4. The summed E-state index contributed by atoms with van der Waals surface area (Å²) in [5, 5.41) is 19.7. The number of para-hydroxylation sites is 1. The SMILES string of the molecule is O=C(O)CN1C(=O)/C(=C/c2ccccc2[N+](=O)[O-])SC1=S. The van der Waals surface area contributed by atoms with Crippen LogP contribution in [0, 0.1) is 10.1 Å². The van der Waals surface area contributed by atoms with Gasteiger partial charge in [-0.15, -0.1) is 0 Å². The first-order chi connectivity index (χ1) is 9.90. The quantitative estimate of drug-likeness (QED) is 0.390. The van der Waals surface area contributed by atoms with Gasteiger partial charge in [-0.2, -0.15) is 0 Å². The molecule has 21 heavy (non-hydrogen) atoms. The molecule has 0 atom stereocenters. The molecule has 1 aromatic rings. The van der Waals surface area contributed by atoms with Gasteiger partial charge < -0.3 is 5.11 Å². The third-order valence-corrected chi connectivity index (χ3v) is 3.96. The van der Waals surface area contributed by atoms with E-state index in [1.165, 1.54) is 24.3 Å². The lowest BCUT2D eigenvalue weighted by Crippen LogP contribution is -2.33. The Morgan fingerprint density at radius 2 is 2.14 bits per heavy atom. The highest BCUT2D eigenvalue weighted by Crippen LogP contribution is 2.33. The molecule has 1 amide bonds. The maximum absolute atomic E-state index is 12.1. The summed E-state index contributed by atoms with van der Waals surface area (Å²) in [5.41, 5.74) is 0.124. The van der Waals surface area contributed by atoms with Crippen LogP contribution in [0.15, 0.2) is 29.2 Å². The molecule has 0 radical (unpaired) electrons. The van der Waals surface area contributed by atoms with Crippen molar-refractivity contribution in [1.29, 1.82) is 0 Å². The minimum Gasteiger partial charge on any atom is -0.480 e. The average molecular weight is 324 g/mol. The van der Waals surface area contributed by atoms with Crippen LogP contribution < -0.4 is 0 Å². The lowest BCUT2D eigenvalue weighted by Gasteiger charge is -2.10. The van der Waals surface area contributed by atoms with Crippen LogP contribution in [-0.2, 0) is 9.59 Å². The molecule has 1 heterocycles. The van der Waals surface area contributed by atoms with Crippen molar-refractivity contribution in [3.05, 3.63) is 44.8 Å². The first-order valence-corrected chi connectivity index (χ1v) is 6.83. The number of carboxylic acids is 1. The van der Waals surface area contributed by atoms with Gasteiger partial charge in [0.1, 0.15) is 10.9 Å². The Labute approximate surface area is 128 Å². The Morgan fingerprint density at radius 3 is 2.76 bits per heavy atom. The average Bonchev–Trinajstić information content (AvgIpc) is 2.66. The van der Waals surface area contributed by atoms with Crippen molar-refractivity contribution in [2.24, 2.45) is 0 Å². The van der Waals surface area contributed by atoms with Crippen LogP contribution in [-0.4, -0.2) is 37.7 Å². The number of hydrogen-bond donors (Lipinski definition) is 1. The number of carboxylic acid groups (broad SMARTS) is 1. The molecule has 0 unspecified atom stereocenters. The smallest absolute Gasteiger partial charge is 0.323 e. The zero-order valence-corrected chi connectivity index (χ0v) is 12.0. The molecular formula is C12H8N2O5S2. The van der Waals surface area contributed by atoms with Crippen molar-refractivity contribution in [3.8, 4) is 0 Å². The van der Waals surface area contributed by atoms with Gasteiger partial charge in [0, 0.05) is 6.07 Å². The van der Waals surface area contributed by atoms with E-state index in [9.17, 15) is 19.7 Å². The Balaban J connectivity index is 2.35. The minimum atomic E-state index is -1.18. The highest BCUT2D eigenvalue weighted by molar-refractivity contribution is 8.26. The van der Waals surface area contributed by atoms with Gasteiger partial charge in [-0.25, -0.2) is 0 Å². The molecular weight excluding hydrogens is 316 g/mol. The Morgan fingerprint density at radius 1 is 1.48 bits per heavy atom. The van der Waals surface area contributed by atoms with Gasteiger partial charge in [0.25, 0.3) is 11.6 Å². The topological polar surface area (TPSA) is 101 Å². The van der Waals surface area contributed by atoms with E-state index in [-0.39, 0.29) is 20.5 Å². The molecule has 9 heteroatoms. The summed E-state index contributed by atoms with van der Waals surface area (Å²) < 4.78 is 0.118. The maximum atomic E-state index is 12.1. The van der Waals surface area contributed by atoms with Crippen molar-refractivity contribution in [2.45, 2.75) is 0 Å². The number of amides is 1. The van der Waals surface area contributed by atoms with Crippen LogP contribution in [0.1, 0.15) is 5.56 Å². The van der Waals surface area contributed by atoms with Crippen molar-refractivity contribution in [2.75, 3.05) is 6.54 Å². The summed E-state index contributed by atoms with van der Waals surface area (Å²) in [4.78, 5) is 34.2. The van der Waals surface area contributed by atoms with Crippen molar-refractivity contribution < 1.29 is 19.6 Å². The summed E-state index contributed by atoms with van der Waals surface area (Å²) in [6.07, 6.45) is 1.35. The van der Waals surface area contributed by atoms with Gasteiger partial charge >= 0.3 is 5.97 Å². The van der Waals surface area contributed by atoms with Crippen LogP contribution in [0.4, 0.5) is 5.69 Å². The molecule has 0 bridgehead atoms. The zero-order valence-electron chi connectivity index (χ0n) is 10.4. The summed E-state index contributed by atoms with van der Waals surface area (Å²) in [7, 11) is 0. The molecule has 1 aliphatic rings. The summed E-state index contributed by atoms with van der Waals surface area (Å²) in [5.74, 6) is -1.75. The van der Waals surface area contributed by atoms with Gasteiger partial charge in [0.2, 0.25) is 0 Å². The zero-order chi connectivity index (χ0) is 15.6.